The first-order valence-electron chi connectivity index (χ1n) is 11.1. The summed E-state index contributed by atoms with van der Waals surface area (Å²) >= 11 is 0. The van der Waals surface area contributed by atoms with Crippen LogP contribution in [-0.4, -0.2) is 43.7 Å². The number of hydrogen-bond acceptors (Lipinski definition) is 6. The number of halogens is 2. The standard InChI is InChI=1S/C25H23F2N5O4/c26-20-8-7-18(11-21(20)27)25(35)28-23(14-33)22-13-32(31-29-22)19(12-24(34)30-36)10-15-5-6-16-3-1-2-4-17(16)9-15/h1-9,11,13,19,23,33,36H,10,12,14H2,(H,28,35)(H,30,34)/t19-,23+/m1/s1. The van der Waals surface area contributed by atoms with E-state index in [1.165, 1.54) is 10.9 Å². The Balaban J connectivity index is 1.55. The van der Waals surface area contributed by atoms with Crippen molar-refractivity contribution in [3.05, 3.63) is 95.3 Å². The minimum absolute atomic E-state index is 0.114. The second-order valence-corrected chi connectivity index (χ2v) is 8.24. The fourth-order valence-corrected chi connectivity index (χ4v) is 3.88. The van der Waals surface area contributed by atoms with Gasteiger partial charge in [-0.2, -0.15) is 0 Å². The fraction of sp³-hybridized carbons (Fsp3) is 0.200. The van der Waals surface area contributed by atoms with Crippen LogP contribution >= 0.6 is 0 Å². The van der Waals surface area contributed by atoms with E-state index in [4.69, 9.17) is 5.21 Å². The molecule has 4 N–H and O–H groups in total. The average Bonchev–Trinajstić information content (AvgIpc) is 3.38. The summed E-state index contributed by atoms with van der Waals surface area (Å²) in [6.07, 6.45) is 1.74. The summed E-state index contributed by atoms with van der Waals surface area (Å²) in [7, 11) is 0. The van der Waals surface area contributed by atoms with Gasteiger partial charge in [0.15, 0.2) is 11.6 Å². The van der Waals surface area contributed by atoms with Gasteiger partial charge in [-0.05, 0) is 41.0 Å². The van der Waals surface area contributed by atoms with E-state index in [0.717, 1.165) is 34.5 Å². The van der Waals surface area contributed by atoms with E-state index in [1.54, 1.807) is 5.48 Å². The van der Waals surface area contributed by atoms with Crippen molar-refractivity contribution >= 4 is 22.6 Å². The lowest BCUT2D eigenvalue weighted by Gasteiger charge is -2.17. The Bertz CT molecular complexity index is 1390. The van der Waals surface area contributed by atoms with Gasteiger partial charge in [-0.15, -0.1) is 5.10 Å². The van der Waals surface area contributed by atoms with Crippen LogP contribution < -0.4 is 10.8 Å². The molecule has 2 atom stereocenters. The van der Waals surface area contributed by atoms with Crippen LogP contribution in [0.1, 0.15) is 40.1 Å². The van der Waals surface area contributed by atoms with E-state index in [9.17, 15) is 23.5 Å². The molecule has 11 heteroatoms. The molecular formula is C25H23F2N5O4. The van der Waals surface area contributed by atoms with Gasteiger partial charge >= 0.3 is 0 Å². The Hall–Kier alpha value is -4.22. The number of benzene rings is 3. The number of carbonyl (C=O) groups is 2. The van der Waals surface area contributed by atoms with Gasteiger partial charge in [0.25, 0.3) is 5.91 Å². The van der Waals surface area contributed by atoms with Crippen molar-refractivity contribution < 1.29 is 28.7 Å². The third-order valence-electron chi connectivity index (χ3n) is 5.76. The summed E-state index contributed by atoms with van der Waals surface area (Å²) in [4.78, 5) is 24.4. The maximum atomic E-state index is 13.5. The van der Waals surface area contributed by atoms with Gasteiger partial charge in [-0.1, -0.05) is 47.7 Å². The van der Waals surface area contributed by atoms with Crippen LogP contribution in [0.15, 0.2) is 66.9 Å². The fourth-order valence-electron chi connectivity index (χ4n) is 3.88. The minimum Gasteiger partial charge on any atom is -0.394 e. The molecular weight excluding hydrogens is 472 g/mol. The van der Waals surface area contributed by atoms with Gasteiger partial charge < -0.3 is 10.4 Å². The third-order valence-corrected chi connectivity index (χ3v) is 5.76. The van der Waals surface area contributed by atoms with Crippen LogP contribution in [0.5, 0.6) is 0 Å². The first-order valence-corrected chi connectivity index (χ1v) is 11.1. The van der Waals surface area contributed by atoms with Crippen LogP contribution in [0, 0.1) is 11.6 Å². The van der Waals surface area contributed by atoms with E-state index < -0.39 is 42.1 Å². The lowest BCUT2D eigenvalue weighted by Crippen LogP contribution is -2.31. The van der Waals surface area contributed by atoms with Gasteiger partial charge in [0, 0.05) is 5.56 Å². The number of fused-ring (bicyclic) bond motifs is 1. The zero-order valence-corrected chi connectivity index (χ0v) is 18.9. The highest BCUT2D eigenvalue weighted by atomic mass is 19.2. The predicted octanol–water partition coefficient (Wildman–Crippen LogP) is 2.85. The molecule has 186 valence electrons. The number of aromatic nitrogens is 3. The number of rotatable bonds is 9. The van der Waals surface area contributed by atoms with Crippen molar-refractivity contribution in [3.8, 4) is 0 Å². The van der Waals surface area contributed by atoms with Gasteiger partial charge in [0.05, 0.1) is 31.3 Å². The number of nitrogens with zero attached hydrogens (tertiary/aromatic N) is 3. The van der Waals surface area contributed by atoms with Crippen LogP contribution in [0.25, 0.3) is 10.8 Å². The Morgan fingerprint density at radius 1 is 1.00 bits per heavy atom. The molecule has 0 saturated heterocycles. The molecule has 0 radical (unpaired) electrons. The van der Waals surface area contributed by atoms with Crippen molar-refractivity contribution in [2.45, 2.75) is 24.9 Å². The smallest absolute Gasteiger partial charge is 0.252 e. The van der Waals surface area contributed by atoms with E-state index in [2.05, 4.69) is 15.6 Å². The molecule has 0 bridgehead atoms. The Morgan fingerprint density at radius 3 is 2.50 bits per heavy atom. The van der Waals surface area contributed by atoms with Crippen molar-refractivity contribution in [2.24, 2.45) is 0 Å². The van der Waals surface area contributed by atoms with E-state index >= 15 is 0 Å². The highest BCUT2D eigenvalue weighted by molar-refractivity contribution is 5.94. The van der Waals surface area contributed by atoms with Gasteiger partial charge in [-0.3, -0.25) is 14.8 Å². The molecule has 9 nitrogen and oxygen atoms in total. The molecule has 0 aliphatic carbocycles. The summed E-state index contributed by atoms with van der Waals surface area (Å²) in [5, 5.41) is 31.5. The molecule has 0 aliphatic rings. The molecule has 1 aromatic heterocycles. The first kappa shape index (κ1) is 24.9. The minimum atomic E-state index is -1.17. The van der Waals surface area contributed by atoms with Crippen molar-refractivity contribution in [1.82, 2.24) is 25.8 Å². The van der Waals surface area contributed by atoms with Crippen molar-refractivity contribution in [2.75, 3.05) is 6.61 Å². The molecule has 1 heterocycles. The second kappa shape index (κ2) is 11.0. The van der Waals surface area contributed by atoms with Crippen molar-refractivity contribution in [3.63, 3.8) is 0 Å². The van der Waals surface area contributed by atoms with Gasteiger partial charge in [0.1, 0.15) is 5.69 Å². The Labute approximate surface area is 204 Å². The molecule has 3 aromatic carbocycles. The monoisotopic (exact) mass is 495 g/mol. The summed E-state index contributed by atoms with van der Waals surface area (Å²) < 4.78 is 28.1. The number of amides is 2. The quantitative estimate of drug-likeness (QED) is 0.209. The zero-order chi connectivity index (χ0) is 25.7. The largest absolute Gasteiger partial charge is 0.394 e. The molecule has 4 rings (SSSR count). The second-order valence-electron chi connectivity index (χ2n) is 8.24. The molecule has 0 fully saturated rings. The summed E-state index contributed by atoms with van der Waals surface area (Å²) in [6, 6.07) is 14.9. The van der Waals surface area contributed by atoms with E-state index in [0.29, 0.717) is 6.42 Å². The molecule has 2 amide bonds. The van der Waals surface area contributed by atoms with Crippen LogP contribution in [0.3, 0.4) is 0 Å². The van der Waals surface area contributed by atoms with Crippen LogP contribution in [-0.2, 0) is 11.2 Å². The van der Waals surface area contributed by atoms with Crippen LogP contribution in [0.4, 0.5) is 8.78 Å². The van der Waals surface area contributed by atoms with Crippen molar-refractivity contribution in [1.29, 1.82) is 0 Å². The number of aliphatic hydroxyl groups is 1. The molecule has 0 spiro atoms. The molecule has 4 aromatic rings. The molecule has 0 saturated carbocycles. The lowest BCUT2D eigenvalue weighted by molar-refractivity contribution is -0.130. The average molecular weight is 495 g/mol. The summed E-state index contributed by atoms with van der Waals surface area (Å²) in [5.74, 6) is -3.62. The Morgan fingerprint density at radius 2 is 1.78 bits per heavy atom. The maximum absolute atomic E-state index is 13.5. The number of aliphatic hydroxyl groups excluding tert-OH is 1. The normalized spacial score (nSPS) is 12.8. The number of carbonyl (C=O) groups excluding carboxylic acids is 2. The number of nitrogens with one attached hydrogen (secondary N) is 2. The Kier molecular flexibility index (Phi) is 7.62. The molecule has 0 unspecified atom stereocenters. The van der Waals surface area contributed by atoms with E-state index in [-0.39, 0.29) is 17.7 Å². The topological polar surface area (TPSA) is 129 Å². The first-order chi connectivity index (χ1) is 17.4. The number of hydroxylamine groups is 1. The van der Waals surface area contributed by atoms with Gasteiger partial charge in [-0.25, -0.2) is 18.9 Å². The van der Waals surface area contributed by atoms with E-state index in [1.807, 2.05) is 42.5 Å². The highest BCUT2D eigenvalue weighted by Crippen LogP contribution is 2.23. The van der Waals surface area contributed by atoms with Crippen LogP contribution in [0.2, 0.25) is 0 Å². The molecule has 36 heavy (non-hydrogen) atoms. The summed E-state index contributed by atoms with van der Waals surface area (Å²) in [5.41, 5.74) is 2.61. The lowest BCUT2D eigenvalue weighted by atomic mass is 10.00. The number of hydrogen-bond donors (Lipinski definition) is 4. The zero-order valence-electron chi connectivity index (χ0n) is 18.9. The maximum Gasteiger partial charge on any atom is 0.252 e. The summed E-state index contributed by atoms with van der Waals surface area (Å²) in [6.45, 7) is -0.541. The SMILES string of the molecule is O=C(C[C@@H](Cc1ccc2ccccc2c1)n1cc([C@H](CO)NC(=O)c2ccc(F)c(F)c2)nn1)NO. The molecule has 0 aliphatic heterocycles. The highest BCUT2D eigenvalue weighted by Gasteiger charge is 2.23. The predicted molar refractivity (Wildman–Crippen MR) is 125 cm³/mol. The third kappa shape index (κ3) is 5.70. The van der Waals surface area contributed by atoms with Gasteiger partial charge in [0.2, 0.25) is 5.91 Å².